The number of allylic oxidation sites excluding steroid dienone is 2. The third-order valence-corrected chi connectivity index (χ3v) is 4.58. The first-order valence-electron chi connectivity index (χ1n) is 8.10. The molecule has 0 spiro atoms. The molecule has 0 fully saturated rings. The molecule has 2 atom stereocenters. The highest BCUT2D eigenvalue weighted by atomic mass is 35.5. The zero-order valence-corrected chi connectivity index (χ0v) is 14.5. The molecule has 2 aromatic rings. The number of amides is 1. The largest absolute Gasteiger partial charge is 0.481 e. The van der Waals surface area contributed by atoms with E-state index in [9.17, 15) is 19.1 Å². The number of carbonyl (C=O) groups is 2. The van der Waals surface area contributed by atoms with E-state index in [1.807, 2.05) is 0 Å². The first-order chi connectivity index (χ1) is 12.4. The van der Waals surface area contributed by atoms with E-state index in [1.165, 1.54) is 16.8 Å². The molecule has 136 valence electrons. The van der Waals surface area contributed by atoms with E-state index in [-0.39, 0.29) is 16.7 Å². The average molecular weight is 378 g/mol. The maximum Gasteiger partial charge on any atom is 0.307 e. The van der Waals surface area contributed by atoms with E-state index < -0.39 is 23.7 Å². The molecule has 1 aliphatic rings. The zero-order chi connectivity index (χ0) is 18.7. The van der Waals surface area contributed by atoms with E-state index in [0.717, 1.165) is 5.56 Å². The van der Waals surface area contributed by atoms with Gasteiger partial charge in [0.05, 0.1) is 18.4 Å². The molecular formula is C18H17ClFN3O3. The van der Waals surface area contributed by atoms with Crippen LogP contribution >= 0.6 is 11.6 Å². The summed E-state index contributed by atoms with van der Waals surface area (Å²) in [6, 6.07) is 5.97. The van der Waals surface area contributed by atoms with Crippen molar-refractivity contribution in [1.29, 1.82) is 0 Å². The summed E-state index contributed by atoms with van der Waals surface area (Å²) in [5.74, 6) is -3.00. The van der Waals surface area contributed by atoms with Crippen molar-refractivity contribution in [2.24, 2.45) is 11.8 Å². The second kappa shape index (κ2) is 7.70. The molecule has 0 radical (unpaired) electrons. The molecule has 1 aromatic heterocycles. The number of hydrogen-bond acceptors (Lipinski definition) is 3. The van der Waals surface area contributed by atoms with E-state index in [4.69, 9.17) is 11.6 Å². The van der Waals surface area contributed by atoms with Gasteiger partial charge in [0.25, 0.3) is 0 Å². The topological polar surface area (TPSA) is 84.2 Å². The lowest BCUT2D eigenvalue weighted by molar-refractivity contribution is -0.146. The molecule has 1 aromatic carbocycles. The minimum atomic E-state index is -0.998. The smallest absolute Gasteiger partial charge is 0.307 e. The normalized spacial score (nSPS) is 19.3. The first kappa shape index (κ1) is 18.1. The van der Waals surface area contributed by atoms with Gasteiger partial charge in [0.2, 0.25) is 5.91 Å². The van der Waals surface area contributed by atoms with Crippen LogP contribution in [0.5, 0.6) is 0 Å². The second-order valence-electron chi connectivity index (χ2n) is 6.13. The molecule has 26 heavy (non-hydrogen) atoms. The standard InChI is InChI=1S/C18H17ClFN3O3/c19-15-10-23(9-11-5-7-12(20)8-6-11)22-16(15)21-17(24)13-3-1-2-4-14(13)18(25)26/h1-2,5-8,10,13-14H,3-4,9H2,(H,25,26)(H,21,22,24). The van der Waals surface area contributed by atoms with Gasteiger partial charge in [0, 0.05) is 6.20 Å². The molecule has 0 saturated heterocycles. The predicted octanol–water partition coefficient (Wildman–Crippen LogP) is 3.33. The number of aliphatic carboxylic acids is 1. The lowest BCUT2D eigenvalue weighted by Gasteiger charge is -2.23. The third-order valence-electron chi connectivity index (χ3n) is 4.30. The second-order valence-corrected chi connectivity index (χ2v) is 6.54. The minimum Gasteiger partial charge on any atom is -0.481 e. The minimum absolute atomic E-state index is 0.178. The number of nitrogens with zero attached hydrogens (tertiary/aromatic N) is 2. The van der Waals surface area contributed by atoms with Gasteiger partial charge in [-0.05, 0) is 30.5 Å². The van der Waals surface area contributed by atoms with Crippen LogP contribution in [0.2, 0.25) is 5.02 Å². The Hall–Kier alpha value is -2.67. The van der Waals surface area contributed by atoms with Crippen LogP contribution in [0.15, 0.2) is 42.6 Å². The van der Waals surface area contributed by atoms with Crippen molar-refractivity contribution in [1.82, 2.24) is 9.78 Å². The molecular weight excluding hydrogens is 361 g/mol. The SMILES string of the molecule is O=C(O)C1CC=CCC1C(=O)Nc1nn(Cc2ccc(F)cc2)cc1Cl. The number of halogens is 2. The number of anilines is 1. The van der Waals surface area contributed by atoms with Gasteiger partial charge in [-0.25, -0.2) is 4.39 Å². The van der Waals surface area contributed by atoms with Crippen molar-refractivity contribution in [3.8, 4) is 0 Å². The third kappa shape index (κ3) is 4.11. The van der Waals surface area contributed by atoms with Crippen LogP contribution in [0, 0.1) is 17.7 Å². The number of aromatic nitrogens is 2. The molecule has 2 unspecified atom stereocenters. The van der Waals surface area contributed by atoms with Crippen molar-refractivity contribution in [2.75, 3.05) is 5.32 Å². The number of carboxylic acid groups (broad SMARTS) is 1. The van der Waals surface area contributed by atoms with Gasteiger partial charge in [0.15, 0.2) is 5.82 Å². The molecule has 0 saturated carbocycles. The Kier molecular flexibility index (Phi) is 5.37. The molecule has 0 aliphatic heterocycles. The summed E-state index contributed by atoms with van der Waals surface area (Å²) in [6.07, 6.45) is 5.80. The number of nitrogens with one attached hydrogen (secondary N) is 1. The van der Waals surface area contributed by atoms with Crippen LogP contribution in [0.1, 0.15) is 18.4 Å². The van der Waals surface area contributed by atoms with Crippen molar-refractivity contribution >= 4 is 29.3 Å². The molecule has 6 nitrogen and oxygen atoms in total. The fraction of sp³-hybridized carbons (Fsp3) is 0.278. The summed E-state index contributed by atoms with van der Waals surface area (Å²) < 4.78 is 14.5. The quantitative estimate of drug-likeness (QED) is 0.783. The number of hydrogen-bond donors (Lipinski definition) is 2. The maximum absolute atomic E-state index is 13.0. The van der Waals surface area contributed by atoms with Gasteiger partial charge in [-0.3, -0.25) is 14.3 Å². The van der Waals surface area contributed by atoms with Gasteiger partial charge < -0.3 is 10.4 Å². The Morgan fingerprint density at radius 1 is 1.23 bits per heavy atom. The molecule has 1 heterocycles. The Labute approximate surface area is 154 Å². The highest BCUT2D eigenvalue weighted by Gasteiger charge is 2.34. The summed E-state index contributed by atoms with van der Waals surface area (Å²) in [5, 5.41) is 16.4. The highest BCUT2D eigenvalue weighted by molar-refractivity contribution is 6.33. The van der Waals surface area contributed by atoms with Gasteiger partial charge in [-0.2, -0.15) is 5.10 Å². The summed E-state index contributed by atoms with van der Waals surface area (Å²) in [4.78, 5) is 23.8. The average Bonchev–Trinajstić information content (AvgIpc) is 2.96. The monoisotopic (exact) mass is 377 g/mol. The van der Waals surface area contributed by atoms with Crippen molar-refractivity contribution in [3.63, 3.8) is 0 Å². The van der Waals surface area contributed by atoms with Crippen molar-refractivity contribution < 1.29 is 19.1 Å². The lowest BCUT2D eigenvalue weighted by atomic mass is 9.82. The zero-order valence-electron chi connectivity index (χ0n) is 13.7. The molecule has 3 rings (SSSR count). The Bertz CT molecular complexity index is 848. The summed E-state index contributed by atoms with van der Waals surface area (Å²) in [6.45, 7) is 0.361. The van der Waals surface area contributed by atoms with Gasteiger partial charge in [-0.15, -0.1) is 0 Å². The van der Waals surface area contributed by atoms with Crippen LogP contribution in [-0.4, -0.2) is 26.8 Å². The Morgan fingerprint density at radius 2 is 1.88 bits per heavy atom. The number of carboxylic acids is 1. The Balaban J connectivity index is 1.70. The van der Waals surface area contributed by atoms with Crippen LogP contribution in [0.3, 0.4) is 0 Å². The van der Waals surface area contributed by atoms with Crippen molar-refractivity contribution in [3.05, 3.63) is 59.0 Å². The first-order valence-corrected chi connectivity index (χ1v) is 8.48. The number of benzene rings is 1. The molecule has 0 bridgehead atoms. The molecule has 8 heteroatoms. The maximum atomic E-state index is 13.0. The number of carbonyl (C=O) groups excluding carboxylic acids is 1. The fourth-order valence-electron chi connectivity index (χ4n) is 2.93. The van der Waals surface area contributed by atoms with E-state index >= 15 is 0 Å². The summed E-state index contributed by atoms with van der Waals surface area (Å²) in [5.41, 5.74) is 0.826. The highest BCUT2D eigenvalue weighted by Crippen LogP contribution is 2.28. The van der Waals surface area contributed by atoms with Crippen LogP contribution < -0.4 is 5.32 Å². The van der Waals surface area contributed by atoms with Gasteiger partial charge >= 0.3 is 5.97 Å². The van der Waals surface area contributed by atoms with Crippen LogP contribution in [-0.2, 0) is 16.1 Å². The summed E-state index contributed by atoms with van der Waals surface area (Å²) >= 11 is 6.13. The van der Waals surface area contributed by atoms with Gasteiger partial charge in [-0.1, -0.05) is 35.9 Å². The molecule has 1 aliphatic carbocycles. The lowest BCUT2D eigenvalue weighted by Crippen LogP contribution is -2.34. The van der Waals surface area contributed by atoms with E-state index in [0.29, 0.717) is 19.4 Å². The number of rotatable bonds is 5. The van der Waals surface area contributed by atoms with Crippen LogP contribution in [0.25, 0.3) is 0 Å². The predicted molar refractivity (Wildman–Crippen MR) is 94.4 cm³/mol. The molecule has 2 N–H and O–H groups in total. The fourth-order valence-corrected chi connectivity index (χ4v) is 3.12. The van der Waals surface area contributed by atoms with Crippen molar-refractivity contribution in [2.45, 2.75) is 19.4 Å². The van der Waals surface area contributed by atoms with E-state index in [1.54, 1.807) is 30.5 Å². The molecule has 1 amide bonds. The van der Waals surface area contributed by atoms with Gasteiger partial charge in [0.1, 0.15) is 10.8 Å². The van der Waals surface area contributed by atoms with E-state index in [2.05, 4.69) is 10.4 Å². The van der Waals surface area contributed by atoms with Crippen LogP contribution in [0.4, 0.5) is 10.2 Å². The Morgan fingerprint density at radius 3 is 2.54 bits per heavy atom. The summed E-state index contributed by atoms with van der Waals surface area (Å²) in [7, 11) is 0.